The van der Waals surface area contributed by atoms with Crippen molar-refractivity contribution in [3.8, 4) is 11.5 Å². The number of aromatic hydroxyl groups is 1. The molecule has 0 saturated carbocycles. The molecule has 25 heavy (non-hydrogen) atoms. The quantitative estimate of drug-likeness (QED) is 0.650. The van der Waals surface area contributed by atoms with Crippen LogP contribution in [-0.2, 0) is 11.3 Å². The maximum atomic E-state index is 12.5. The topological polar surface area (TPSA) is 78.9 Å². The molecule has 2 N–H and O–H groups in total. The molecular weight excluding hydrogens is 344 g/mol. The van der Waals surface area contributed by atoms with Crippen molar-refractivity contribution >= 4 is 29.6 Å². The molecule has 2 aromatic carbocycles. The van der Waals surface area contributed by atoms with Gasteiger partial charge in [0.05, 0.1) is 13.7 Å². The summed E-state index contributed by atoms with van der Waals surface area (Å²) < 4.78 is 4.97. The van der Waals surface area contributed by atoms with Gasteiger partial charge < -0.3 is 15.2 Å². The largest absolute Gasteiger partial charge is 0.504 e. The number of halogens is 1. The van der Waals surface area contributed by atoms with Gasteiger partial charge in [-0.3, -0.25) is 9.69 Å². The van der Waals surface area contributed by atoms with E-state index in [1.54, 1.807) is 36.4 Å². The molecule has 3 amide bonds. The van der Waals surface area contributed by atoms with Gasteiger partial charge in [-0.2, -0.15) is 0 Å². The van der Waals surface area contributed by atoms with E-state index in [4.69, 9.17) is 16.3 Å². The highest BCUT2D eigenvalue weighted by Gasteiger charge is 2.33. The summed E-state index contributed by atoms with van der Waals surface area (Å²) in [5, 5.41) is 12.9. The van der Waals surface area contributed by atoms with E-state index in [9.17, 15) is 14.7 Å². The van der Waals surface area contributed by atoms with E-state index in [0.29, 0.717) is 16.3 Å². The van der Waals surface area contributed by atoms with E-state index in [0.717, 1.165) is 10.5 Å². The van der Waals surface area contributed by atoms with Crippen LogP contribution >= 0.6 is 11.6 Å². The first kappa shape index (κ1) is 16.9. The third-order valence-electron chi connectivity index (χ3n) is 3.73. The zero-order valence-electron chi connectivity index (χ0n) is 13.3. The second kappa shape index (κ2) is 6.86. The molecular formula is C18H15ClN2O4. The van der Waals surface area contributed by atoms with Crippen LogP contribution in [0.3, 0.4) is 0 Å². The first-order valence-corrected chi connectivity index (χ1v) is 7.81. The molecule has 0 bridgehead atoms. The van der Waals surface area contributed by atoms with E-state index in [2.05, 4.69) is 5.32 Å². The van der Waals surface area contributed by atoms with Gasteiger partial charge in [0.2, 0.25) is 0 Å². The Morgan fingerprint density at radius 1 is 1.20 bits per heavy atom. The second-order valence-corrected chi connectivity index (χ2v) is 5.87. The molecule has 3 rings (SSSR count). The summed E-state index contributed by atoms with van der Waals surface area (Å²) in [7, 11) is 1.45. The normalized spacial score (nSPS) is 15.6. The molecule has 0 radical (unpaired) electrons. The summed E-state index contributed by atoms with van der Waals surface area (Å²) in [6, 6.07) is 11.1. The number of hydrogen-bond donors (Lipinski definition) is 2. The van der Waals surface area contributed by atoms with Gasteiger partial charge in [-0.05, 0) is 41.5 Å². The number of imide groups is 1. The predicted octanol–water partition coefficient (Wildman–Crippen LogP) is 3.15. The van der Waals surface area contributed by atoms with Crippen molar-refractivity contribution in [2.75, 3.05) is 7.11 Å². The maximum absolute atomic E-state index is 12.5. The Bertz CT molecular complexity index is 862. The first-order valence-electron chi connectivity index (χ1n) is 7.44. The lowest BCUT2D eigenvalue weighted by Crippen LogP contribution is -2.30. The van der Waals surface area contributed by atoms with Crippen LogP contribution in [0.2, 0.25) is 5.02 Å². The fourth-order valence-electron chi connectivity index (χ4n) is 2.45. The molecule has 1 fully saturated rings. The number of phenols is 1. The SMILES string of the molecule is COc1ccc(/C=C2\NC(=O)N(Cc3ccc(Cl)cc3)C2=O)cc1O. The Morgan fingerprint density at radius 2 is 1.92 bits per heavy atom. The predicted molar refractivity (Wildman–Crippen MR) is 93.2 cm³/mol. The van der Waals surface area contributed by atoms with Gasteiger partial charge in [0.1, 0.15) is 5.70 Å². The Kier molecular flexibility index (Phi) is 4.63. The molecule has 0 aliphatic carbocycles. The summed E-state index contributed by atoms with van der Waals surface area (Å²) in [6.45, 7) is 0.146. The molecule has 0 aromatic heterocycles. The van der Waals surface area contributed by atoms with Gasteiger partial charge >= 0.3 is 6.03 Å². The maximum Gasteiger partial charge on any atom is 0.329 e. The number of benzene rings is 2. The minimum Gasteiger partial charge on any atom is -0.504 e. The van der Waals surface area contributed by atoms with Crippen molar-refractivity contribution in [1.29, 1.82) is 0 Å². The van der Waals surface area contributed by atoms with Crippen LogP contribution in [-0.4, -0.2) is 29.1 Å². The second-order valence-electron chi connectivity index (χ2n) is 5.44. The number of nitrogens with zero attached hydrogens (tertiary/aromatic N) is 1. The molecule has 128 valence electrons. The van der Waals surface area contributed by atoms with Crippen molar-refractivity contribution in [2.24, 2.45) is 0 Å². The van der Waals surface area contributed by atoms with Crippen LogP contribution in [0, 0.1) is 0 Å². The lowest BCUT2D eigenvalue weighted by atomic mass is 10.1. The summed E-state index contributed by atoms with van der Waals surface area (Å²) in [5.74, 6) is -0.157. The molecule has 0 unspecified atom stereocenters. The zero-order chi connectivity index (χ0) is 18.0. The Morgan fingerprint density at radius 3 is 2.56 bits per heavy atom. The van der Waals surface area contributed by atoms with Crippen LogP contribution in [0.15, 0.2) is 48.2 Å². The number of nitrogens with one attached hydrogen (secondary N) is 1. The number of ether oxygens (including phenoxy) is 1. The summed E-state index contributed by atoms with van der Waals surface area (Å²) >= 11 is 5.84. The Balaban J connectivity index is 1.80. The molecule has 1 aliphatic heterocycles. The molecule has 1 saturated heterocycles. The summed E-state index contributed by atoms with van der Waals surface area (Å²) in [4.78, 5) is 25.7. The van der Waals surface area contributed by atoms with Crippen molar-refractivity contribution in [3.63, 3.8) is 0 Å². The first-order chi connectivity index (χ1) is 12.0. The molecule has 0 atom stereocenters. The van der Waals surface area contributed by atoms with E-state index in [1.807, 2.05) is 0 Å². The van der Waals surface area contributed by atoms with E-state index >= 15 is 0 Å². The van der Waals surface area contributed by atoms with E-state index in [-0.39, 0.29) is 18.0 Å². The number of phenolic OH excluding ortho intramolecular Hbond substituents is 1. The van der Waals surface area contributed by atoms with Crippen LogP contribution in [0.1, 0.15) is 11.1 Å². The molecule has 1 aliphatic rings. The highest BCUT2D eigenvalue weighted by molar-refractivity contribution is 6.30. The zero-order valence-corrected chi connectivity index (χ0v) is 14.1. The van der Waals surface area contributed by atoms with Gasteiger partial charge in [0.25, 0.3) is 5.91 Å². The van der Waals surface area contributed by atoms with Gasteiger partial charge in [-0.25, -0.2) is 4.79 Å². The number of rotatable bonds is 4. The number of methoxy groups -OCH3 is 1. The van der Waals surface area contributed by atoms with Gasteiger partial charge in [-0.1, -0.05) is 29.8 Å². The minimum atomic E-state index is -0.496. The monoisotopic (exact) mass is 358 g/mol. The van der Waals surface area contributed by atoms with Crippen molar-refractivity contribution in [1.82, 2.24) is 10.2 Å². The standard InChI is InChI=1S/C18H15ClN2O4/c1-25-16-7-4-12(9-15(16)22)8-14-17(23)21(18(24)20-14)10-11-2-5-13(19)6-3-11/h2-9,22H,10H2,1H3,(H,20,24)/b14-8-. The fourth-order valence-corrected chi connectivity index (χ4v) is 2.58. The molecule has 7 heteroatoms. The summed E-state index contributed by atoms with van der Waals surface area (Å²) in [5.41, 5.74) is 1.50. The number of carbonyl (C=O) groups excluding carboxylic acids is 2. The number of urea groups is 1. The number of carbonyl (C=O) groups is 2. The highest BCUT2D eigenvalue weighted by Crippen LogP contribution is 2.27. The molecule has 2 aromatic rings. The van der Waals surface area contributed by atoms with E-state index < -0.39 is 11.9 Å². The van der Waals surface area contributed by atoms with Crippen LogP contribution in [0.25, 0.3) is 6.08 Å². The van der Waals surface area contributed by atoms with Gasteiger partial charge in [0, 0.05) is 5.02 Å². The number of amides is 3. The third-order valence-corrected chi connectivity index (χ3v) is 3.98. The summed E-state index contributed by atoms with van der Waals surface area (Å²) in [6.07, 6.45) is 1.50. The molecule has 6 nitrogen and oxygen atoms in total. The smallest absolute Gasteiger partial charge is 0.329 e. The lowest BCUT2D eigenvalue weighted by molar-refractivity contribution is -0.123. The lowest BCUT2D eigenvalue weighted by Gasteiger charge is -2.11. The molecule has 1 heterocycles. The van der Waals surface area contributed by atoms with Crippen molar-refractivity contribution in [2.45, 2.75) is 6.54 Å². The van der Waals surface area contributed by atoms with E-state index in [1.165, 1.54) is 19.3 Å². The fraction of sp³-hybridized carbons (Fsp3) is 0.111. The third kappa shape index (κ3) is 3.59. The highest BCUT2D eigenvalue weighted by atomic mass is 35.5. The number of hydrogen-bond acceptors (Lipinski definition) is 4. The van der Waals surface area contributed by atoms with Crippen molar-refractivity contribution in [3.05, 3.63) is 64.3 Å². The molecule has 0 spiro atoms. The Labute approximate surface area is 149 Å². The van der Waals surface area contributed by atoms with Crippen molar-refractivity contribution < 1.29 is 19.4 Å². The van der Waals surface area contributed by atoms with Crippen LogP contribution < -0.4 is 10.1 Å². The average Bonchev–Trinajstić information content (AvgIpc) is 2.84. The minimum absolute atomic E-state index is 0.0494. The van der Waals surface area contributed by atoms with Crippen LogP contribution in [0.4, 0.5) is 4.79 Å². The van der Waals surface area contributed by atoms with Gasteiger partial charge in [0.15, 0.2) is 11.5 Å². The average molecular weight is 359 g/mol. The van der Waals surface area contributed by atoms with Crippen LogP contribution in [0.5, 0.6) is 11.5 Å². The Hall–Kier alpha value is -2.99. The van der Waals surface area contributed by atoms with Gasteiger partial charge in [-0.15, -0.1) is 0 Å².